The van der Waals surface area contributed by atoms with E-state index in [0.717, 1.165) is 5.56 Å². The van der Waals surface area contributed by atoms with Crippen molar-refractivity contribution in [1.82, 2.24) is 20.4 Å². The molecule has 0 aliphatic rings. The van der Waals surface area contributed by atoms with Crippen molar-refractivity contribution < 1.29 is 18.9 Å². The molecule has 1 atom stereocenters. The fourth-order valence-electron chi connectivity index (χ4n) is 2.48. The topological polar surface area (TPSA) is 141 Å². The first kappa shape index (κ1) is 17.9. The SMILES string of the molecule is NC(=O)C(=O)C(Cc1ccccc1)NC(=O)c1cnoc1-c1ccncn1. The summed E-state index contributed by atoms with van der Waals surface area (Å²) >= 11 is 0. The molecule has 2 heterocycles. The minimum Gasteiger partial charge on any atom is -0.363 e. The average Bonchev–Trinajstić information content (AvgIpc) is 3.18. The lowest BCUT2D eigenvalue weighted by Crippen LogP contribution is -2.47. The smallest absolute Gasteiger partial charge is 0.287 e. The summed E-state index contributed by atoms with van der Waals surface area (Å²) in [6.45, 7) is 0. The average molecular weight is 365 g/mol. The molecule has 0 saturated heterocycles. The molecule has 9 nitrogen and oxygen atoms in total. The quantitative estimate of drug-likeness (QED) is 0.582. The second-order valence-electron chi connectivity index (χ2n) is 5.61. The van der Waals surface area contributed by atoms with Gasteiger partial charge in [0.1, 0.15) is 23.6 Å². The van der Waals surface area contributed by atoms with Crippen LogP contribution in [-0.4, -0.2) is 38.8 Å². The van der Waals surface area contributed by atoms with Gasteiger partial charge in [-0.25, -0.2) is 9.97 Å². The Bertz CT molecular complexity index is 956. The Morgan fingerprint density at radius 1 is 1.15 bits per heavy atom. The number of ketones is 1. The van der Waals surface area contributed by atoms with Crippen molar-refractivity contribution >= 4 is 17.6 Å². The van der Waals surface area contributed by atoms with Crippen LogP contribution in [0.1, 0.15) is 15.9 Å². The number of primary amides is 1. The summed E-state index contributed by atoms with van der Waals surface area (Å²) in [5, 5.41) is 6.14. The van der Waals surface area contributed by atoms with Crippen LogP contribution in [0, 0.1) is 0 Å². The molecule has 0 fully saturated rings. The number of nitrogens with one attached hydrogen (secondary N) is 1. The molecule has 1 aromatic carbocycles. The van der Waals surface area contributed by atoms with Gasteiger partial charge in [0.15, 0.2) is 5.76 Å². The molecule has 9 heteroatoms. The summed E-state index contributed by atoms with van der Waals surface area (Å²) in [6, 6.07) is 9.38. The van der Waals surface area contributed by atoms with Crippen LogP contribution in [0.3, 0.4) is 0 Å². The third kappa shape index (κ3) is 4.21. The summed E-state index contributed by atoms with van der Waals surface area (Å²) in [4.78, 5) is 44.0. The molecule has 0 saturated carbocycles. The number of carbonyl (C=O) groups is 3. The first-order chi connectivity index (χ1) is 13.1. The zero-order chi connectivity index (χ0) is 19.2. The van der Waals surface area contributed by atoms with Crippen molar-refractivity contribution in [2.24, 2.45) is 5.73 Å². The molecular weight excluding hydrogens is 350 g/mol. The van der Waals surface area contributed by atoms with Gasteiger partial charge in [0.05, 0.1) is 6.20 Å². The van der Waals surface area contributed by atoms with Gasteiger partial charge in [-0.15, -0.1) is 0 Å². The molecule has 0 aliphatic heterocycles. The van der Waals surface area contributed by atoms with E-state index in [1.165, 1.54) is 18.7 Å². The minimum atomic E-state index is -1.13. The Morgan fingerprint density at radius 3 is 2.59 bits per heavy atom. The maximum absolute atomic E-state index is 12.7. The molecule has 3 N–H and O–H groups in total. The Morgan fingerprint density at radius 2 is 1.93 bits per heavy atom. The molecule has 0 bridgehead atoms. The van der Waals surface area contributed by atoms with E-state index in [9.17, 15) is 14.4 Å². The molecule has 2 aromatic heterocycles. The van der Waals surface area contributed by atoms with E-state index >= 15 is 0 Å². The van der Waals surface area contributed by atoms with Gasteiger partial charge in [-0.3, -0.25) is 14.4 Å². The Kier molecular flexibility index (Phi) is 5.31. The Balaban J connectivity index is 1.84. The van der Waals surface area contributed by atoms with Crippen LogP contribution in [-0.2, 0) is 16.0 Å². The lowest BCUT2D eigenvalue weighted by Gasteiger charge is -2.16. The van der Waals surface area contributed by atoms with Crippen LogP contribution in [0.25, 0.3) is 11.5 Å². The van der Waals surface area contributed by atoms with E-state index in [2.05, 4.69) is 20.4 Å². The van der Waals surface area contributed by atoms with E-state index < -0.39 is 23.6 Å². The highest BCUT2D eigenvalue weighted by Crippen LogP contribution is 2.21. The van der Waals surface area contributed by atoms with E-state index in [1.807, 2.05) is 6.07 Å². The van der Waals surface area contributed by atoms with Crippen LogP contribution in [0.5, 0.6) is 0 Å². The standard InChI is InChI=1S/C18H15N5O4/c19-17(25)15(24)14(8-11-4-2-1-3-5-11)23-18(26)12-9-22-27-16(12)13-6-7-20-10-21-13/h1-7,9-10,14H,8H2,(H2,19,25)(H,23,26). The van der Waals surface area contributed by atoms with Gasteiger partial charge in [-0.2, -0.15) is 0 Å². The molecule has 3 rings (SSSR count). The van der Waals surface area contributed by atoms with Crippen molar-refractivity contribution in [3.63, 3.8) is 0 Å². The molecular formula is C18H15N5O4. The van der Waals surface area contributed by atoms with Crippen molar-refractivity contribution in [2.45, 2.75) is 12.5 Å². The number of amides is 2. The van der Waals surface area contributed by atoms with E-state index in [0.29, 0.717) is 5.69 Å². The minimum absolute atomic E-state index is 0.0732. The second kappa shape index (κ2) is 8.00. The van der Waals surface area contributed by atoms with Gasteiger partial charge in [0.25, 0.3) is 11.8 Å². The molecule has 136 valence electrons. The maximum atomic E-state index is 12.7. The number of hydrogen-bond donors (Lipinski definition) is 2. The number of aromatic nitrogens is 3. The van der Waals surface area contributed by atoms with E-state index in [1.54, 1.807) is 30.3 Å². The number of hydrogen-bond acceptors (Lipinski definition) is 7. The molecule has 0 spiro atoms. The summed E-state index contributed by atoms with van der Waals surface area (Å²) in [5.74, 6) is -2.54. The van der Waals surface area contributed by atoms with Gasteiger partial charge in [0.2, 0.25) is 5.78 Å². The van der Waals surface area contributed by atoms with E-state index in [4.69, 9.17) is 10.3 Å². The number of carbonyl (C=O) groups excluding carboxylic acids is 3. The predicted octanol–water partition coefficient (Wildman–Crippen LogP) is 0.527. The predicted molar refractivity (Wildman–Crippen MR) is 93.1 cm³/mol. The first-order valence-electron chi connectivity index (χ1n) is 7.95. The number of rotatable bonds is 7. The first-order valence-corrected chi connectivity index (χ1v) is 7.95. The lowest BCUT2D eigenvalue weighted by atomic mass is 10.0. The lowest BCUT2D eigenvalue weighted by molar-refractivity contribution is -0.137. The zero-order valence-electron chi connectivity index (χ0n) is 14.0. The molecule has 3 aromatic rings. The molecule has 0 aliphatic carbocycles. The van der Waals surface area contributed by atoms with Crippen LogP contribution < -0.4 is 11.1 Å². The largest absolute Gasteiger partial charge is 0.363 e. The van der Waals surface area contributed by atoms with Crippen LogP contribution in [0.4, 0.5) is 0 Å². The van der Waals surface area contributed by atoms with Gasteiger partial charge in [-0.1, -0.05) is 35.5 Å². The Hall–Kier alpha value is -3.88. The number of benzene rings is 1. The summed E-state index contributed by atoms with van der Waals surface area (Å²) in [5.41, 5.74) is 6.31. The summed E-state index contributed by atoms with van der Waals surface area (Å²) < 4.78 is 5.10. The van der Waals surface area contributed by atoms with Gasteiger partial charge < -0.3 is 15.6 Å². The number of nitrogens with two attached hydrogens (primary N) is 1. The molecule has 0 radical (unpaired) electrons. The highest BCUT2D eigenvalue weighted by atomic mass is 16.5. The van der Waals surface area contributed by atoms with Crippen LogP contribution >= 0.6 is 0 Å². The fraction of sp³-hybridized carbons (Fsp3) is 0.111. The highest BCUT2D eigenvalue weighted by molar-refractivity contribution is 6.38. The van der Waals surface area contributed by atoms with Crippen molar-refractivity contribution in [2.75, 3.05) is 0 Å². The van der Waals surface area contributed by atoms with Crippen LogP contribution in [0.2, 0.25) is 0 Å². The van der Waals surface area contributed by atoms with Gasteiger partial charge in [0, 0.05) is 12.6 Å². The van der Waals surface area contributed by atoms with Crippen molar-refractivity contribution in [3.8, 4) is 11.5 Å². The second-order valence-corrected chi connectivity index (χ2v) is 5.61. The third-order valence-corrected chi connectivity index (χ3v) is 3.78. The Labute approximate surface area is 153 Å². The third-order valence-electron chi connectivity index (χ3n) is 3.78. The summed E-state index contributed by atoms with van der Waals surface area (Å²) in [7, 11) is 0. The zero-order valence-corrected chi connectivity index (χ0v) is 14.0. The maximum Gasteiger partial charge on any atom is 0.287 e. The highest BCUT2D eigenvalue weighted by Gasteiger charge is 2.28. The normalized spacial score (nSPS) is 11.6. The molecule has 2 amide bonds. The monoisotopic (exact) mass is 365 g/mol. The number of Topliss-reactive ketones (excluding diaryl/α,β-unsaturated/α-hetero) is 1. The number of nitrogens with zero attached hydrogens (tertiary/aromatic N) is 3. The van der Waals surface area contributed by atoms with Gasteiger partial charge >= 0.3 is 0 Å². The van der Waals surface area contributed by atoms with Crippen LogP contribution in [0.15, 0.2) is 59.6 Å². The molecule has 27 heavy (non-hydrogen) atoms. The molecule has 1 unspecified atom stereocenters. The fourth-order valence-corrected chi connectivity index (χ4v) is 2.48. The van der Waals surface area contributed by atoms with Gasteiger partial charge in [-0.05, 0) is 11.6 Å². The van der Waals surface area contributed by atoms with Crippen molar-refractivity contribution in [3.05, 3.63) is 66.2 Å². The van der Waals surface area contributed by atoms with Crippen molar-refractivity contribution in [1.29, 1.82) is 0 Å². The summed E-state index contributed by atoms with van der Waals surface area (Å²) in [6.07, 6.45) is 4.11. The van der Waals surface area contributed by atoms with E-state index in [-0.39, 0.29) is 17.7 Å².